The number of hydrogen-bond acceptors (Lipinski definition) is 5. The van der Waals surface area contributed by atoms with Gasteiger partial charge in [-0.3, -0.25) is 4.98 Å². The molecule has 0 radical (unpaired) electrons. The molecule has 1 aromatic carbocycles. The van der Waals surface area contributed by atoms with Gasteiger partial charge in [0, 0.05) is 18.0 Å². The van der Waals surface area contributed by atoms with Gasteiger partial charge in [0.1, 0.15) is 17.5 Å². The maximum absolute atomic E-state index is 13.0. The summed E-state index contributed by atoms with van der Waals surface area (Å²) in [7, 11) is 0. The third-order valence-corrected chi connectivity index (χ3v) is 3.89. The van der Waals surface area contributed by atoms with Crippen molar-refractivity contribution in [3.63, 3.8) is 0 Å². The van der Waals surface area contributed by atoms with Crippen LogP contribution in [0.15, 0.2) is 48.7 Å². The van der Waals surface area contributed by atoms with Gasteiger partial charge >= 0.3 is 6.18 Å². The van der Waals surface area contributed by atoms with E-state index < -0.39 is 11.7 Å². The van der Waals surface area contributed by atoms with Crippen molar-refractivity contribution in [2.75, 3.05) is 10.6 Å². The SMILES string of the molecule is Cc1nc(NCc2ccccn2)cc(Nc2ccc(Cl)c(C(F)(F)F)c2)n1. The molecule has 9 heteroatoms. The van der Waals surface area contributed by atoms with Crippen LogP contribution in [0, 0.1) is 6.92 Å². The summed E-state index contributed by atoms with van der Waals surface area (Å²) in [4.78, 5) is 12.7. The standard InChI is InChI=1S/C18H15ClF3N5/c1-11-25-16(24-10-13-4-2-3-7-23-13)9-17(26-11)27-12-5-6-15(19)14(8-12)18(20,21)22/h2-9H,10H2,1H3,(H2,24,25,26,27). The Hall–Kier alpha value is -2.87. The molecule has 2 heterocycles. The molecule has 0 aliphatic heterocycles. The quantitative estimate of drug-likeness (QED) is 0.623. The van der Waals surface area contributed by atoms with Crippen LogP contribution in [0.4, 0.5) is 30.5 Å². The number of aromatic nitrogens is 3. The monoisotopic (exact) mass is 393 g/mol. The fourth-order valence-corrected chi connectivity index (χ4v) is 2.60. The lowest BCUT2D eigenvalue weighted by Gasteiger charge is -2.13. The Labute approximate surface area is 158 Å². The van der Waals surface area contributed by atoms with Gasteiger partial charge in [-0.2, -0.15) is 13.2 Å². The van der Waals surface area contributed by atoms with Gasteiger partial charge < -0.3 is 10.6 Å². The zero-order valence-electron chi connectivity index (χ0n) is 14.2. The summed E-state index contributed by atoms with van der Waals surface area (Å²) in [5.41, 5.74) is 0.143. The molecule has 0 bridgehead atoms. The summed E-state index contributed by atoms with van der Waals surface area (Å²) < 4.78 is 39.0. The second-order valence-corrected chi connectivity index (χ2v) is 6.08. The molecular formula is C18H15ClF3N5. The van der Waals surface area contributed by atoms with Crippen molar-refractivity contribution >= 4 is 28.9 Å². The van der Waals surface area contributed by atoms with Crippen molar-refractivity contribution in [2.45, 2.75) is 19.6 Å². The third kappa shape index (κ3) is 5.07. The predicted molar refractivity (Wildman–Crippen MR) is 98.1 cm³/mol. The van der Waals surface area contributed by atoms with E-state index in [2.05, 4.69) is 25.6 Å². The fourth-order valence-electron chi connectivity index (χ4n) is 2.37. The van der Waals surface area contributed by atoms with E-state index in [9.17, 15) is 13.2 Å². The van der Waals surface area contributed by atoms with Crippen molar-refractivity contribution < 1.29 is 13.2 Å². The van der Waals surface area contributed by atoms with Crippen LogP contribution in [0.5, 0.6) is 0 Å². The zero-order valence-corrected chi connectivity index (χ0v) is 14.9. The molecule has 140 valence electrons. The molecule has 0 spiro atoms. The molecule has 0 atom stereocenters. The number of aryl methyl sites for hydroxylation is 1. The van der Waals surface area contributed by atoms with Gasteiger partial charge in [0.15, 0.2) is 0 Å². The van der Waals surface area contributed by atoms with Crippen LogP contribution in [-0.2, 0) is 12.7 Å². The van der Waals surface area contributed by atoms with Crippen molar-refractivity contribution in [1.82, 2.24) is 15.0 Å². The van der Waals surface area contributed by atoms with E-state index in [-0.39, 0.29) is 10.7 Å². The Morgan fingerprint density at radius 2 is 1.81 bits per heavy atom. The topological polar surface area (TPSA) is 62.7 Å². The minimum atomic E-state index is -4.54. The molecule has 0 saturated carbocycles. The van der Waals surface area contributed by atoms with E-state index in [1.807, 2.05) is 18.2 Å². The van der Waals surface area contributed by atoms with Gasteiger partial charge in [-0.15, -0.1) is 0 Å². The second-order valence-electron chi connectivity index (χ2n) is 5.68. The third-order valence-electron chi connectivity index (χ3n) is 3.56. The normalized spacial score (nSPS) is 11.3. The molecule has 27 heavy (non-hydrogen) atoms. The Morgan fingerprint density at radius 3 is 2.52 bits per heavy atom. The van der Waals surface area contributed by atoms with Crippen LogP contribution in [0.3, 0.4) is 0 Å². The molecule has 3 rings (SSSR count). The van der Waals surface area contributed by atoms with Gasteiger partial charge in [-0.25, -0.2) is 9.97 Å². The van der Waals surface area contributed by atoms with Crippen molar-refractivity contribution in [3.8, 4) is 0 Å². The lowest BCUT2D eigenvalue weighted by Crippen LogP contribution is -2.08. The summed E-state index contributed by atoms with van der Waals surface area (Å²) >= 11 is 5.64. The van der Waals surface area contributed by atoms with Gasteiger partial charge in [0.25, 0.3) is 0 Å². The number of alkyl halides is 3. The van der Waals surface area contributed by atoms with Crippen molar-refractivity contribution in [2.24, 2.45) is 0 Å². The first kappa shape index (κ1) is 18.9. The van der Waals surface area contributed by atoms with Gasteiger partial charge in [-0.05, 0) is 37.3 Å². The Bertz CT molecular complexity index is 932. The number of benzene rings is 1. The summed E-state index contributed by atoms with van der Waals surface area (Å²) in [6.45, 7) is 2.15. The zero-order chi connectivity index (χ0) is 19.4. The summed E-state index contributed by atoms with van der Waals surface area (Å²) in [5.74, 6) is 1.36. The number of hydrogen-bond donors (Lipinski definition) is 2. The summed E-state index contributed by atoms with van der Waals surface area (Å²) in [5, 5.41) is 5.62. The Kier molecular flexibility index (Phi) is 5.46. The van der Waals surface area contributed by atoms with E-state index in [0.717, 1.165) is 11.8 Å². The fraction of sp³-hybridized carbons (Fsp3) is 0.167. The average Bonchev–Trinajstić information content (AvgIpc) is 2.61. The molecule has 3 aromatic rings. The van der Waals surface area contributed by atoms with Crippen LogP contribution < -0.4 is 10.6 Å². The van der Waals surface area contributed by atoms with Gasteiger partial charge in [0.2, 0.25) is 0 Å². The molecule has 2 N–H and O–H groups in total. The first-order chi connectivity index (χ1) is 12.8. The molecule has 5 nitrogen and oxygen atoms in total. The van der Waals surface area contributed by atoms with Crippen LogP contribution in [0.2, 0.25) is 5.02 Å². The average molecular weight is 394 g/mol. The number of nitrogens with one attached hydrogen (secondary N) is 2. The van der Waals surface area contributed by atoms with E-state index in [4.69, 9.17) is 11.6 Å². The molecule has 0 amide bonds. The van der Waals surface area contributed by atoms with Gasteiger partial charge in [0.05, 0.1) is 22.8 Å². The molecule has 0 aliphatic carbocycles. The lowest BCUT2D eigenvalue weighted by molar-refractivity contribution is -0.137. The highest BCUT2D eigenvalue weighted by Gasteiger charge is 2.33. The van der Waals surface area contributed by atoms with Crippen LogP contribution in [0.1, 0.15) is 17.1 Å². The van der Waals surface area contributed by atoms with E-state index >= 15 is 0 Å². The van der Waals surface area contributed by atoms with Crippen LogP contribution in [-0.4, -0.2) is 15.0 Å². The maximum Gasteiger partial charge on any atom is 0.417 e. The number of anilines is 3. The molecule has 0 unspecified atom stereocenters. The first-order valence-electron chi connectivity index (χ1n) is 7.94. The Balaban J connectivity index is 1.78. The molecule has 0 saturated heterocycles. The Morgan fingerprint density at radius 1 is 1.04 bits per heavy atom. The molecular weight excluding hydrogens is 379 g/mol. The largest absolute Gasteiger partial charge is 0.417 e. The maximum atomic E-state index is 13.0. The highest BCUT2D eigenvalue weighted by molar-refractivity contribution is 6.31. The van der Waals surface area contributed by atoms with E-state index in [1.165, 1.54) is 12.1 Å². The predicted octanol–water partition coefficient (Wildman–Crippen LogP) is 5.21. The van der Waals surface area contributed by atoms with Crippen molar-refractivity contribution in [1.29, 1.82) is 0 Å². The number of nitrogens with zero attached hydrogens (tertiary/aromatic N) is 3. The second kappa shape index (κ2) is 7.79. The first-order valence-corrected chi connectivity index (χ1v) is 8.32. The minimum Gasteiger partial charge on any atom is -0.364 e. The number of pyridine rings is 1. The highest BCUT2D eigenvalue weighted by atomic mass is 35.5. The number of rotatable bonds is 5. The molecule has 2 aromatic heterocycles. The van der Waals surface area contributed by atoms with Crippen molar-refractivity contribution in [3.05, 3.63) is 70.8 Å². The van der Waals surface area contributed by atoms with Gasteiger partial charge in [-0.1, -0.05) is 17.7 Å². The minimum absolute atomic E-state index is 0.223. The molecule has 0 fully saturated rings. The highest BCUT2D eigenvalue weighted by Crippen LogP contribution is 2.36. The molecule has 0 aliphatic rings. The lowest BCUT2D eigenvalue weighted by atomic mass is 10.2. The van der Waals surface area contributed by atoms with Crippen LogP contribution >= 0.6 is 11.6 Å². The van der Waals surface area contributed by atoms with E-state index in [0.29, 0.717) is 24.0 Å². The summed E-state index contributed by atoms with van der Waals surface area (Å²) in [6.07, 6.45) is -2.85. The van der Waals surface area contributed by atoms with E-state index in [1.54, 1.807) is 19.2 Å². The smallest absolute Gasteiger partial charge is 0.364 e. The van der Waals surface area contributed by atoms with Crippen LogP contribution in [0.25, 0.3) is 0 Å². The summed E-state index contributed by atoms with van der Waals surface area (Å²) in [6, 6.07) is 10.8. The number of halogens is 4.